The molecule has 1 aliphatic carbocycles. The Morgan fingerprint density at radius 2 is 1.74 bits per heavy atom. The molecule has 0 radical (unpaired) electrons. The van der Waals surface area contributed by atoms with Crippen LogP contribution in [0.2, 0.25) is 0 Å². The molecule has 2 fully saturated rings. The van der Waals surface area contributed by atoms with Crippen LogP contribution in [-0.4, -0.2) is 28.4 Å². The van der Waals surface area contributed by atoms with Crippen LogP contribution in [0.1, 0.15) is 52.9 Å². The third-order valence-electron chi connectivity index (χ3n) is 4.39. The number of hydrogen-bond acceptors (Lipinski definition) is 5. The molecular formula is C14H22O5. The normalized spacial score (nSPS) is 34.9. The van der Waals surface area contributed by atoms with E-state index < -0.39 is 23.3 Å². The van der Waals surface area contributed by atoms with E-state index in [1.165, 1.54) is 0 Å². The summed E-state index contributed by atoms with van der Waals surface area (Å²) in [6.45, 7) is 5.74. The Bertz CT molecular complexity index is 367. The summed E-state index contributed by atoms with van der Waals surface area (Å²) in [4.78, 5) is 23.4. The van der Waals surface area contributed by atoms with Gasteiger partial charge in [-0.1, -0.05) is 13.8 Å². The van der Waals surface area contributed by atoms with Crippen molar-refractivity contribution in [2.45, 2.75) is 64.3 Å². The van der Waals surface area contributed by atoms with E-state index >= 15 is 0 Å². The quantitative estimate of drug-likeness (QED) is 0.735. The molecule has 19 heavy (non-hydrogen) atoms. The van der Waals surface area contributed by atoms with E-state index in [2.05, 4.69) is 13.8 Å². The van der Waals surface area contributed by atoms with Crippen LogP contribution in [0.3, 0.4) is 0 Å². The van der Waals surface area contributed by atoms with Gasteiger partial charge in [-0.15, -0.1) is 0 Å². The van der Waals surface area contributed by atoms with Gasteiger partial charge in [0, 0.05) is 6.42 Å². The van der Waals surface area contributed by atoms with E-state index in [4.69, 9.17) is 9.47 Å². The topological polar surface area (TPSA) is 72.8 Å². The second-order valence-electron chi connectivity index (χ2n) is 6.22. The van der Waals surface area contributed by atoms with Crippen molar-refractivity contribution in [3.63, 3.8) is 0 Å². The minimum absolute atomic E-state index is 0.0169. The number of carbonyl (C=O) groups excluding carboxylic acids is 2. The summed E-state index contributed by atoms with van der Waals surface area (Å²) in [5.74, 6) is -1.82. The Hall–Kier alpha value is -1.10. The first kappa shape index (κ1) is 14.3. The number of aliphatic hydroxyl groups is 1. The zero-order valence-electron chi connectivity index (χ0n) is 11.8. The summed E-state index contributed by atoms with van der Waals surface area (Å²) < 4.78 is 10.7. The fourth-order valence-corrected chi connectivity index (χ4v) is 2.89. The van der Waals surface area contributed by atoms with Gasteiger partial charge in [-0.05, 0) is 31.6 Å². The molecule has 1 saturated carbocycles. The molecule has 2 aliphatic rings. The van der Waals surface area contributed by atoms with E-state index in [9.17, 15) is 14.7 Å². The van der Waals surface area contributed by atoms with Gasteiger partial charge in [0.25, 0.3) is 5.79 Å². The molecule has 0 bridgehead atoms. The highest BCUT2D eigenvalue weighted by atomic mass is 16.7. The molecule has 2 rings (SSSR count). The summed E-state index contributed by atoms with van der Waals surface area (Å²) in [7, 11) is 0. The average molecular weight is 270 g/mol. The van der Waals surface area contributed by atoms with E-state index in [1.54, 1.807) is 6.92 Å². The SMILES string of the molecule is CC(C)C1CCC(C)(O)C2(C1)OC(=O)CCC(=O)O2. The molecule has 0 amide bonds. The van der Waals surface area contributed by atoms with Gasteiger partial charge in [0.15, 0.2) is 0 Å². The minimum atomic E-state index is -1.51. The molecule has 5 nitrogen and oxygen atoms in total. The highest BCUT2D eigenvalue weighted by Crippen LogP contribution is 2.46. The predicted molar refractivity (Wildman–Crippen MR) is 67.0 cm³/mol. The monoisotopic (exact) mass is 270 g/mol. The van der Waals surface area contributed by atoms with Gasteiger partial charge in [-0.25, -0.2) is 0 Å². The second-order valence-corrected chi connectivity index (χ2v) is 6.22. The van der Waals surface area contributed by atoms with Gasteiger partial charge < -0.3 is 14.6 Å². The van der Waals surface area contributed by atoms with Crippen molar-refractivity contribution in [1.29, 1.82) is 0 Å². The van der Waals surface area contributed by atoms with Crippen molar-refractivity contribution in [2.24, 2.45) is 11.8 Å². The fraction of sp³-hybridized carbons (Fsp3) is 0.857. The number of ether oxygens (including phenoxy) is 2. The van der Waals surface area contributed by atoms with Crippen LogP contribution in [0.4, 0.5) is 0 Å². The van der Waals surface area contributed by atoms with Crippen LogP contribution in [0.15, 0.2) is 0 Å². The molecule has 108 valence electrons. The lowest BCUT2D eigenvalue weighted by Gasteiger charge is -2.48. The summed E-state index contributed by atoms with van der Waals surface area (Å²) >= 11 is 0. The van der Waals surface area contributed by atoms with E-state index in [1.807, 2.05) is 0 Å². The summed E-state index contributed by atoms with van der Waals surface area (Å²) in [5, 5.41) is 10.6. The molecule has 2 atom stereocenters. The van der Waals surface area contributed by atoms with Crippen molar-refractivity contribution in [3.8, 4) is 0 Å². The molecule has 1 N–H and O–H groups in total. The lowest BCUT2D eigenvalue weighted by Crippen LogP contribution is -2.60. The first-order chi connectivity index (χ1) is 8.76. The Kier molecular flexibility index (Phi) is 3.60. The van der Waals surface area contributed by atoms with Gasteiger partial charge in [-0.3, -0.25) is 9.59 Å². The Morgan fingerprint density at radius 1 is 1.21 bits per heavy atom. The Morgan fingerprint density at radius 3 is 2.21 bits per heavy atom. The van der Waals surface area contributed by atoms with Crippen molar-refractivity contribution >= 4 is 11.9 Å². The lowest BCUT2D eigenvalue weighted by molar-refractivity contribution is -0.305. The number of esters is 2. The molecule has 5 heteroatoms. The first-order valence-corrected chi connectivity index (χ1v) is 6.92. The van der Waals surface area contributed by atoms with E-state index in [0.717, 1.165) is 6.42 Å². The van der Waals surface area contributed by atoms with Gasteiger partial charge in [0.2, 0.25) is 0 Å². The second kappa shape index (κ2) is 4.78. The summed E-state index contributed by atoms with van der Waals surface area (Å²) in [6.07, 6.45) is 1.69. The maximum Gasteiger partial charge on any atom is 0.309 e. The largest absolute Gasteiger partial charge is 0.419 e. The standard InChI is InChI=1S/C14H22O5/c1-9(2)10-6-7-13(3,17)14(8-10)18-11(15)4-5-12(16)19-14/h9-10,17H,4-8H2,1-3H3. The van der Waals surface area contributed by atoms with Gasteiger partial charge in [0.1, 0.15) is 5.60 Å². The molecule has 1 saturated heterocycles. The molecule has 0 aromatic carbocycles. The number of hydrogen-bond donors (Lipinski definition) is 1. The molecular weight excluding hydrogens is 248 g/mol. The zero-order valence-corrected chi connectivity index (χ0v) is 11.8. The van der Waals surface area contributed by atoms with Crippen LogP contribution in [0, 0.1) is 11.8 Å². The zero-order chi connectivity index (χ0) is 14.3. The average Bonchev–Trinajstić information content (AvgIpc) is 2.43. The summed E-state index contributed by atoms with van der Waals surface area (Å²) in [6, 6.07) is 0. The summed E-state index contributed by atoms with van der Waals surface area (Å²) in [5.41, 5.74) is -1.33. The van der Waals surface area contributed by atoms with E-state index in [-0.39, 0.29) is 18.8 Å². The molecule has 0 aromatic heterocycles. The maximum absolute atomic E-state index is 11.7. The van der Waals surface area contributed by atoms with Crippen molar-refractivity contribution in [1.82, 2.24) is 0 Å². The van der Waals surface area contributed by atoms with Gasteiger partial charge in [-0.2, -0.15) is 0 Å². The third kappa shape index (κ3) is 2.61. The highest BCUT2D eigenvalue weighted by Gasteiger charge is 2.58. The predicted octanol–water partition coefficient (Wildman–Crippen LogP) is 1.77. The van der Waals surface area contributed by atoms with Crippen molar-refractivity contribution in [2.75, 3.05) is 0 Å². The Balaban J connectivity index is 2.33. The highest BCUT2D eigenvalue weighted by molar-refractivity contribution is 5.80. The maximum atomic E-state index is 11.7. The first-order valence-electron chi connectivity index (χ1n) is 6.92. The van der Waals surface area contributed by atoms with Crippen LogP contribution >= 0.6 is 0 Å². The molecule has 1 heterocycles. The van der Waals surface area contributed by atoms with Crippen LogP contribution in [-0.2, 0) is 19.1 Å². The molecule has 1 spiro atoms. The van der Waals surface area contributed by atoms with Gasteiger partial charge >= 0.3 is 11.9 Å². The minimum Gasteiger partial charge on any atom is -0.419 e. The van der Waals surface area contributed by atoms with Crippen molar-refractivity contribution < 1.29 is 24.2 Å². The molecule has 2 unspecified atom stereocenters. The smallest absolute Gasteiger partial charge is 0.309 e. The van der Waals surface area contributed by atoms with Crippen LogP contribution < -0.4 is 0 Å². The fourth-order valence-electron chi connectivity index (χ4n) is 2.89. The third-order valence-corrected chi connectivity index (χ3v) is 4.39. The molecule has 1 aliphatic heterocycles. The Labute approximate surface area is 113 Å². The van der Waals surface area contributed by atoms with E-state index in [0.29, 0.717) is 18.8 Å². The van der Waals surface area contributed by atoms with Crippen LogP contribution in [0.5, 0.6) is 0 Å². The number of rotatable bonds is 1. The van der Waals surface area contributed by atoms with Crippen molar-refractivity contribution in [3.05, 3.63) is 0 Å². The van der Waals surface area contributed by atoms with Crippen LogP contribution in [0.25, 0.3) is 0 Å². The molecule has 0 aromatic rings. The van der Waals surface area contributed by atoms with Gasteiger partial charge in [0.05, 0.1) is 12.8 Å². The number of carbonyl (C=O) groups is 2. The lowest BCUT2D eigenvalue weighted by atomic mass is 9.71.